The number of fused-ring (bicyclic) bond motifs is 3. The van der Waals surface area contributed by atoms with E-state index >= 15 is 0 Å². The standard InChI is InChI=1S/C26H40N4O2S/c1-6-20-15-21-23(33-20)16-22-24(31)30(14-13-28(7-2)8-3)26(5,17-29(21)22)25(32)27-19-11-9-18(4)10-12-19/h15-16,18-19H,6-14,17H2,1-5H3,(H,27,32)/t18?,19?,26-/m1/s1. The lowest BCUT2D eigenvalue weighted by atomic mass is 9.86. The molecule has 2 aromatic rings. The molecule has 1 aliphatic carbocycles. The maximum atomic E-state index is 13.8. The molecule has 6 nitrogen and oxygen atoms in total. The average molecular weight is 473 g/mol. The fourth-order valence-corrected chi connectivity index (χ4v) is 6.48. The van der Waals surface area contributed by atoms with Gasteiger partial charge in [-0.2, -0.15) is 0 Å². The number of aromatic nitrogens is 1. The van der Waals surface area contributed by atoms with Crippen LogP contribution in [0, 0.1) is 5.92 Å². The molecule has 2 aromatic heterocycles. The van der Waals surface area contributed by atoms with Gasteiger partial charge in [0.1, 0.15) is 11.2 Å². The molecule has 2 amide bonds. The molecule has 1 fully saturated rings. The number of carbonyl (C=O) groups is 2. The smallest absolute Gasteiger partial charge is 0.271 e. The molecule has 0 saturated heterocycles. The Bertz CT molecular complexity index is 1000. The van der Waals surface area contributed by atoms with E-state index in [1.807, 2.05) is 17.9 Å². The van der Waals surface area contributed by atoms with Crippen LogP contribution in [-0.4, -0.2) is 63.9 Å². The molecule has 182 valence electrons. The zero-order chi connectivity index (χ0) is 23.8. The van der Waals surface area contributed by atoms with E-state index in [1.165, 1.54) is 4.88 Å². The number of hydrogen-bond donors (Lipinski definition) is 1. The van der Waals surface area contributed by atoms with Gasteiger partial charge in [-0.15, -0.1) is 11.3 Å². The van der Waals surface area contributed by atoms with Crippen LogP contribution < -0.4 is 5.32 Å². The van der Waals surface area contributed by atoms with E-state index in [-0.39, 0.29) is 17.9 Å². The highest BCUT2D eigenvalue weighted by Crippen LogP contribution is 2.36. The Labute approximate surface area is 202 Å². The minimum absolute atomic E-state index is 0.00612. The first-order valence-electron chi connectivity index (χ1n) is 12.8. The molecule has 0 radical (unpaired) electrons. The Morgan fingerprint density at radius 2 is 1.88 bits per heavy atom. The Balaban J connectivity index is 1.66. The van der Waals surface area contributed by atoms with Gasteiger partial charge in [-0.25, -0.2) is 0 Å². The summed E-state index contributed by atoms with van der Waals surface area (Å²) < 4.78 is 3.24. The van der Waals surface area contributed by atoms with E-state index in [4.69, 9.17) is 0 Å². The van der Waals surface area contributed by atoms with Gasteiger partial charge in [-0.05, 0) is 70.2 Å². The van der Waals surface area contributed by atoms with Crippen LogP contribution in [0.25, 0.3) is 10.2 Å². The monoisotopic (exact) mass is 472 g/mol. The summed E-state index contributed by atoms with van der Waals surface area (Å²) in [5, 5.41) is 3.35. The molecule has 0 spiro atoms. The minimum atomic E-state index is -0.902. The molecule has 1 saturated carbocycles. The highest BCUT2D eigenvalue weighted by molar-refractivity contribution is 7.19. The summed E-state index contributed by atoms with van der Waals surface area (Å²) in [5.74, 6) is 0.704. The third-order valence-electron chi connectivity index (χ3n) is 7.89. The molecule has 0 bridgehead atoms. The van der Waals surface area contributed by atoms with Crippen LogP contribution in [0.15, 0.2) is 12.1 Å². The highest BCUT2D eigenvalue weighted by atomic mass is 32.1. The number of aryl methyl sites for hydroxylation is 1. The van der Waals surface area contributed by atoms with Crippen LogP contribution in [0.2, 0.25) is 0 Å². The number of amides is 2. The molecule has 2 aliphatic rings. The predicted molar refractivity (Wildman–Crippen MR) is 136 cm³/mol. The maximum Gasteiger partial charge on any atom is 0.271 e. The van der Waals surface area contributed by atoms with Crippen LogP contribution in [-0.2, 0) is 17.8 Å². The summed E-state index contributed by atoms with van der Waals surface area (Å²) in [6.07, 6.45) is 5.35. The van der Waals surface area contributed by atoms with E-state index in [1.54, 1.807) is 11.3 Å². The summed E-state index contributed by atoms with van der Waals surface area (Å²) in [7, 11) is 0. The lowest BCUT2D eigenvalue weighted by molar-refractivity contribution is -0.134. The number of hydrogen-bond acceptors (Lipinski definition) is 4. The molecule has 33 heavy (non-hydrogen) atoms. The van der Waals surface area contributed by atoms with Gasteiger partial charge < -0.3 is 19.7 Å². The zero-order valence-electron chi connectivity index (χ0n) is 20.9. The topological polar surface area (TPSA) is 57.6 Å². The third-order valence-corrected chi connectivity index (χ3v) is 9.11. The minimum Gasteiger partial charge on any atom is -0.351 e. The number of rotatable bonds is 8. The highest BCUT2D eigenvalue weighted by Gasteiger charge is 2.48. The number of thiophene rings is 1. The summed E-state index contributed by atoms with van der Waals surface area (Å²) in [5.41, 5.74) is 0.907. The largest absolute Gasteiger partial charge is 0.351 e. The van der Waals surface area contributed by atoms with Crippen LogP contribution in [0.3, 0.4) is 0 Å². The lowest BCUT2D eigenvalue weighted by Gasteiger charge is -2.45. The number of nitrogens with one attached hydrogen (secondary N) is 1. The van der Waals surface area contributed by atoms with Crippen molar-refractivity contribution in [2.45, 2.75) is 84.8 Å². The molecule has 1 atom stereocenters. The van der Waals surface area contributed by atoms with Crippen LogP contribution >= 0.6 is 11.3 Å². The molecule has 7 heteroatoms. The zero-order valence-corrected chi connectivity index (χ0v) is 21.8. The number of likely N-dealkylation sites (N-methyl/N-ethyl adjacent to an activating group) is 1. The summed E-state index contributed by atoms with van der Waals surface area (Å²) in [6.45, 7) is 14.4. The molecule has 3 heterocycles. The van der Waals surface area contributed by atoms with Gasteiger partial charge in [0.25, 0.3) is 5.91 Å². The Kier molecular flexibility index (Phi) is 7.20. The van der Waals surface area contributed by atoms with Crippen molar-refractivity contribution in [3.63, 3.8) is 0 Å². The third kappa shape index (κ3) is 4.59. The number of carbonyl (C=O) groups excluding carboxylic acids is 2. The maximum absolute atomic E-state index is 13.8. The van der Waals surface area contributed by atoms with Crippen LogP contribution in [0.4, 0.5) is 0 Å². The first kappa shape index (κ1) is 24.3. The molecule has 0 unspecified atom stereocenters. The molecular formula is C26H40N4O2S. The molecular weight excluding hydrogens is 432 g/mol. The quantitative estimate of drug-likeness (QED) is 0.615. The van der Waals surface area contributed by atoms with Crippen molar-refractivity contribution in [3.8, 4) is 0 Å². The van der Waals surface area contributed by atoms with Crippen molar-refractivity contribution in [1.29, 1.82) is 0 Å². The van der Waals surface area contributed by atoms with Gasteiger partial charge in [0, 0.05) is 24.0 Å². The van der Waals surface area contributed by atoms with Gasteiger partial charge in [0.05, 0.1) is 16.8 Å². The van der Waals surface area contributed by atoms with E-state index < -0.39 is 5.54 Å². The van der Waals surface area contributed by atoms with Crippen molar-refractivity contribution in [2.75, 3.05) is 26.2 Å². The molecule has 0 aromatic carbocycles. The SMILES string of the molecule is CCc1cc2c(cc3n2C[C@](C)(C(=O)NC2CCC(C)CC2)N(CCN(CC)CC)C3=O)s1. The van der Waals surface area contributed by atoms with Crippen molar-refractivity contribution < 1.29 is 9.59 Å². The first-order chi connectivity index (χ1) is 15.8. The second kappa shape index (κ2) is 9.79. The second-order valence-corrected chi connectivity index (χ2v) is 11.3. The van der Waals surface area contributed by atoms with Crippen LogP contribution in [0.5, 0.6) is 0 Å². The Morgan fingerprint density at radius 1 is 1.18 bits per heavy atom. The Morgan fingerprint density at radius 3 is 2.52 bits per heavy atom. The first-order valence-corrected chi connectivity index (χ1v) is 13.6. The van der Waals surface area contributed by atoms with Gasteiger partial charge in [0.2, 0.25) is 5.91 Å². The van der Waals surface area contributed by atoms with Gasteiger partial charge in [-0.1, -0.05) is 27.7 Å². The summed E-state index contributed by atoms with van der Waals surface area (Å²) >= 11 is 1.76. The van der Waals surface area contributed by atoms with E-state index in [0.717, 1.165) is 73.6 Å². The van der Waals surface area contributed by atoms with E-state index in [2.05, 4.69) is 48.5 Å². The van der Waals surface area contributed by atoms with Crippen LogP contribution in [0.1, 0.15) is 75.7 Å². The van der Waals surface area contributed by atoms with Gasteiger partial charge >= 0.3 is 0 Å². The van der Waals surface area contributed by atoms with Crippen molar-refractivity contribution in [3.05, 3.63) is 22.7 Å². The van der Waals surface area contributed by atoms with E-state index in [0.29, 0.717) is 13.1 Å². The summed E-state index contributed by atoms with van der Waals surface area (Å²) in [6, 6.07) is 4.44. The fraction of sp³-hybridized carbons (Fsp3) is 0.692. The fourth-order valence-electron chi connectivity index (χ4n) is 5.44. The van der Waals surface area contributed by atoms with Crippen molar-refractivity contribution in [1.82, 2.24) is 19.7 Å². The van der Waals surface area contributed by atoms with Gasteiger partial charge in [0.15, 0.2) is 0 Å². The Hall–Kier alpha value is -1.86. The number of nitrogens with zero attached hydrogens (tertiary/aromatic N) is 3. The lowest BCUT2D eigenvalue weighted by Crippen LogP contribution is -2.65. The van der Waals surface area contributed by atoms with Gasteiger partial charge in [-0.3, -0.25) is 9.59 Å². The molecule has 1 N–H and O–H groups in total. The van der Waals surface area contributed by atoms with Crippen molar-refractivity contribution >= 4 is 33.4 Å². The second-order valence-electron chi connectivity index (χ2n) is 10.1. The average Bonchev–Trinajstić information content (AvgIpc) is 3.36. The van der Waals surface area contributed by atoms with E-state index in [9.17, 15) is 9.59 Å². The molecule has 4 rings (SSSR count). The molecule has 1 aliphatic heterocycles. The summed E-state index contributed by atoms with van der Waals surface area (Å²) in [4.78, 5) is 33.1. The normalized spacial score (nSPS) is 25.6. The predicted octanol–water partition coefficient (Wildman–Crippen LogP) is 4.52. The van der Waals surface area contributed by atoms with Crippen molar-refractivity contribution in [2.24, 2.45) is 5.92 Å².